The van der Waals surface area contributed by atoms with Crippen LogP contribution < -0.4 is 4.74 Å². The van der Waals surface area contributed by atoms with Gasteiger partial charge in [0.15, 0.2) is 0 Å². The van der Waals surface area contributed by atoms with E-state index in [-0.39, 0.29) is 0 Å². The molecule has 1 atom stereocenters. The molecule has 3 rings (SSSR count). The van der Waals surface area contributed by atoms with Gasteiger partial charge in [0, 0.05) is 50.7 Å². The number of methoxy groups -OCH3 is 1. The summed E-state index contributed by atoms with van der Waals surface area (Å²) < 4.78 is 13.2. The number of benzene rings is 1. The Morgan fingerprint density at radius 2 is 2.29 bits per heavy atom. The summed E-state index contributed by atoms with van der Waals surface area (Å²) in [5, 5.41) is 0. The maximum Gasteiger partial charge on any atom is 0.123 e. The highest BCUT2D eigenvalue weighted by atomic mass is 16.5. The van der Waals surface area contributed by atoms with E-state index in [0.29, 0.717) is 5.92 Å². The van der Waals surface area contributed by atoms with Crippen molar-refractivity contribution in [3.8, 4) is 5.75 Å². The molecule has 0 amide bonds. The molecule has 0 N–H and O–H groups in total. The number of para-hydroxylation sites is 1. The number of hydrogen-bond donors (Lipinski definition) is 0. The van der Waals surface area contributed by atoms with Gasteiger partial charge in [0.1, 0.15) is 5.75 Å². The monoisotopic (exact) mass is 329 g/mol. The number of rotatable bonds is 9. The molecule has 0 saturated carbocycles. The van der Waals surface area contributed by atoms with Gasteiger partial charge in [-0.3, -0.25) is 4.90 Å². The van der Waals surface area contributed by atoms with Crippen molar-refractivity contribution in [1.82, 2.24) is 14.5 Å². The van der Waals surface area contributed by atoms with Crippen molar-refractivity contribution in [1.29, 1.82) is 0 Å². The average Bonchev–Trinajstić information content (AvgIpc) is 3.29. The molecule has 1 aliphatic heterocycles. The van der Waals surface area contributed by atoms with Crippen LogP contribution in [-0.4, -0.2) is 47.9 Å². The largest absolute Gasteiger partial charge is 0.496 e. The van der Waals surface area contributed by atoms with Gasteiger partial charge >= 0.3 is 0 Å². The molecule has 1 aromatic heterocycles. The standard InChI is InChI=1S/C19H27N3O2/c1-23-19-6-3-2-5-18(19)14-22(13-17-7-12-24-15-17)10-4-9-21-11-8-20-16-21/h2-3,5-6,8,11,16-17H,4,7,9-10,12-15H2,1H3/t17-/m1/s1. The van der Waals surface area contributed by atoms with E-state index in [2.05, 4.69) is 26.6 Å². The van der Waals surface area contributed by atoms with E-state index >= 15 is 0 Å². The van der Waals surface area contributed by atoms with Gasteiger partial charge in [-0.25, -0.2) is 4.98 Å². The second kappa shape index (κ2) is 8.85. The van der Waals surface area contributed by atoms with Gasteiger partial charge in [-0.2, -0.15) is 0 Å². The number of imidazole rings is 1. The van der Waals surface area contributed by atoms with E-state index in [4.69, 9.17) is 9.47 Å². The molecular formula is C19H27N3O2. The third-order valence-electron chi connectivity index (χ3n) is 4.58. The molecular weight excluding hydrogens is 302 g/mol. The van der Waals surface area contributed by atoms with Crippen molar-refractivity contribution in [3.05, 3.63) is 48.5 Å². The van der Waals surface area contributed by atoms with Crippen LogP contribution in [0, 0.1) is 5.92 Å². The summed E-state index contributed by atoms with van der Waals surface area (Å²) in [5.41, 5.74) is 1.25. The molecule has 1 aromatic carbocycles. The molecule has 0 radical (unpaired) electrons. The van der Waals surface area contributed by atoms with Crippen LogP contribution in [0.5, 0.6) is 5.75 Å². The van der Waals surface area contributed by atoms with E-state index in [0.717, 1.165) is 51.6 Å². The fourth-order valence-corrected chi connectivity index (χ4v) is 3.30. The molecule has 0 spiro atoms. The highest BCUT2D eigenvalue weighted by Crippen LogP contribution is 2.21. The van der Waals surface area contributed by atoms with Crippen LogP contribution in [0.2, 0.25) is 0 Å². The van der Waals surface area contributed by atoms with E-state index < -0.39 is 0 Å². The summed E-state index contributed by atoms with van der Waals surface area (Å²) in [6.45, 7) is 5.87. The average molecular weight is 329 g/mol. The Labute approximate surface area is 144 Å². The molecule has 1 saturated heterocycles. The highest BCUT2D eigenvalue weighted by molar-refractivity contribution is 5.33. The predicted molar refractivity (Wildman–Crippen MR) is 94.0 cm³/mol. The molecule has 1 fully saturated rings. The molecule has 0 unspecified atom stereocenters. The molecule has 5 heteroatoms. The summed E-state index contributed by atoms with van der Waals surface area (Å²) in [4.78, 5) is 6.65. The van der Waals surface area contributed by atoms with Crippen molar-refractivity contribution in [3.63, 3.8) is 0 Å². The lowest BCUT2D eigenvalue weighted by Crippen LogP contribution is -2.31. The SMILES string of the molecule is COc1ccccc1CN(CCCn1ccnc1)C[C@H]1CCOC1. The summed E-state index contributed by atoms with van der Waals surface area (Å²) in [5.74, 6) is 1.62. The maximum absolute atomic E-state index is 5.55. The highest BCUT2D eigenvalue weighted by Gasteiger charge is 2.20. The number of aromatic nitrogens is 2. The zero-order chi connectivity index (χ0) is 16.6. The first kappa shape index (κ1) is 17.0. The molecule has 0 bridgehead atoms. The fraction of sp³-hybridized carbons (Fsp3) is 0.526. The van der Waals surface area contributed by atoms with Gasteiger partial charge in [-0.15, -0.1) is 0 Å². The van der Waals surface area contributed by atoms with Crippen LogP contribution in [-0.2, 0) is 17.8 Å². The molecule has 0 aliphatic carbocycles. The van der Waals surface area contributed by atoms with E-state index in [1.807, 2.05) is 30.9 Å². The van der Waals surface area contributed by atoms with E-state index in [9.17, 15) is 0 Å². The zero-order valence-corrected chi connectivity index (χ0v) is 14.4. The van der Waals surface area contributed by atoms with Crippen LogP contribution in [0.25, 0.3) is 0 Å². The third kappa shape index (κ3) is 4.82. The maximum atomic E-state index is 5.55. The molecule has 5 nitrogen and oxygen atoms in total. The topological polar surface area (TPSA) is 39.5 Å². The summed E-state index contributed by atoms with van der Waals surface area (Å²) in [6.07, 6.45) is 8.02. The number of aryl methyl sites for hydroxylation is 1. The Morgan fingerprint density at radius 3 is 3.04 bits per heavy atom. The van der Waals surface area contributed by atoms with Crippen molar-refractivity contribution in [2.75, 3.05) is 33.4 Å². The van der Waals surface area contributed by atoms with Crippen molar-refractivity contribution in [2.45, 2.75) is 25.9 Å². The first-order valence-corrected chi connectivity index (χ1v) is 8.73. The second-order valence-corrected chi connectivity index (χ2v) is 6.43. The van der Waals surface area contributed by atoms with E-state index in [1.165, 1.54) is 12.0 Å². The minimum Gasteiger partial charge on any atom is -0.496 e. The predicted octanol–water partition coefficient (Wildman–Crippen LogP) is 2.82. The first-order valence-electron chi connectivity index (χ1n) is 8.73. The van der Waals surface area contributed by atoms with Crippen LogP contribution >= 0.6 is 0 Å². The summed E-state index contributed by atoms with van der Waals surface area (Å²) in [7, 11) is 1.74. The molecule has 2 heterocycles. The van der Waals surface area contributed by atoms with Gasteiger partial charge in [0.2, 0.25) is 0 Å². The normalized spacial score (nSPS) is 17.5. The Bertz CT molecular complexity index is 594. The molecule has 1 aliphatic rings. The lowest BCUT2D eigenvalue weighted by Gasteiger charge is -2.26. The van der Waals surface area contributed by atoms with Gasteiger partial charge in [-0.05, 0) is 24.8 Å². The lowest BCUT2D eigenvalue weighted by molar-refractivity contribution is 0.162. The van der Waals surface area contributed by atoms with Gasteiger partial charge in [-0.1, -0.05) is 18.2 Å². The number of ether oxygens (including phenoxy) is 2. The van der Waals surface area contributed by atoms with E-state index in [1.54, 1.807) is 7.11 Å². The Balaban J connectivity index is 1.59. The molecule has 24 heavy (non-hydrogen) atoms. The summed E-state index contributed by atoms with van der Waals surface area (Å²) in [6, 6.07) is 8.31. The van der Waals surface area contributed by atoms with Crippen molar-refractivity contribution in [2.24, 2.45) is 5.92 Å². The quantitative estimate of drug-likeness (QED) is 0.709. The number of hydrogen-bond acceptors (Lipinski definition) is 4. The third-order valence-corrected chi connectivity index (χ3v) is 4.58. The lowest BCUT2D eigenvalue weighted by atomic mass is 10.1. The Hall–Kier alpha value is -1.85. The smallest absolute Gasteiger partial charge is 0.123 e. The first-order chi connectivity index (χ1) is 11.8. The fourth-order valence-electron chi connectivity index (χ4n) is 3.30. The van der Waals surface area contributed by atoms with Crippen LogP contribution in [0.1, 0.15) is 18.4 Å². The minimum absolute atomic E-state index is 0.646. The van der Waals surface area contributed by atoms with Crippen LogP contribution in [0.3, 0.4) is 0 Å². The zero-order valence-electron chi connectivity index (χ0n) is 14.4. The molecule has 2 aromatic rings. The Morgan fingerprint density at radius 1 is 1.38 bits per heavy atom. The summed E-state index contributed by atoms with van der Waals surface area (Å²) >= 11 is 0. The minimum atomic E-state index is 0.646. The van der Waals surface area contributed by atoms with Gasteiger partial charge in [0.25, 0.3) is 0 Å². The van der Waals surface area contributed by atoms with Gasteiger partial charge < -0.3 is 14.0 Å². The van der Waals surface area contributed by atoms with Crippen molar-refractivity contribution < 1.29 is 9.47 Å². The molecule has 130 valence electrons. The Kier molecular flexibility index (Phi) is 6.26. The van der Waals surface area contributed by atoms with Crippen molar-refractivity contribution >= 4 is 0 Å². The van der Waals surface area contributed by atoms with Gasteiger partial charge in [0.05, 0.1) is 20.0 Å². The second-order valence-electron chi connectivity index (χ2n) is 6.43. The van der Waals surface area contributed by atoms with Crippen LogP contribution in [0.15, 0.2) is 43.0 Å². The van der Waals surface area contributed by atoms with Crippen LogP contribution in [0.4, 0.5) is 0 Å². The number of nitrogens with zero attached hydrogens (tertiary/aromatic N) is 3.